The third-order valence-corrected chi connectivity index (χ3v) is 11.9. The van der Waals surface area contributed by atoms with E-state index in [1.807, 2.05) is 19.0 Å². The summed E-state index contributed by atoms with van der Waals surface area (Å²) in [5.41, 5.74) is 1.56. The number of rotatable bonds is 2. The van der Waals surface area contributed by atoms with Crippen molar-refractivity contribution in [2.75, 3.05) is 14.1 Å². The number of aromatic nitrogens is 1. The first kappa shape index (κ1) is 24.3. The number of alkyl halides is 1. The predicted molar refractivity (Wildman–Crippen MR) is 143 cm³/mol. The molecule has 7 heteroatoms. The number of hydrogen-bond donors (Lipinski definition) is 3. The molecule has 2 aliphatic heterocycles. The fourth-order valence-corrected chi connectivity index (χ4v) is 9.83. The zero-order valence-corrected chi connectivity index (χ0v) is 22.6. The molecule has 1 aromatic carbocycles. The van der Waals surface area contributed by atoms with Gasteiger partial charge in [0, 0.05) is 35.5 Å². The number of allylic oxidation sites excluding steroid dienone is 2. The van der Waals surface area contributed by atoms with Gasteiger partial charge in [-0.2, -0.15) is 0 Å². The molecule has 0 amide bonds. The van der Waals surface area contributed by atoms with Crippen LogP contribution in [0.15, 0.2) is 36.5 Å². The molecule has 6 nitrogen and oxygen atoms in total. The van der Waals surface area contributed by atoms with Gasteiger partial charge in [-0.05, 0) is 87.0 Å². The Hall–Kier alpha value is -1.70. The van der Waals surface area contributed by atoms with E-state index in [0.29, 0.717) is 6.42 Å². The Bertz CT molecular complexity index is 1320. The Kier molecular flexibility index (Phi) is 5.06. The summed E-state index contributed by atoms with van der Waals surface area (Å²) in [5, 5.41) is 34.2. The molecule has 198 valence electrons. The van der Waals surface area contributed by atoms with E-state index >= 15 is 0 Å². The Morgan fingerprint density at radius 2 is 1.84 bits per heavy atom. The minimum Gasteiger partial charge on any atom is -0.493 e. The van der Waals surface area contributed by atoms with Crippen LogP contribution in [0.1, 0.15) is 57.4 Å². The van der Waals surface area contributed by atoms with Crippen molar-refractivity contribution in [2.45, 2.75) is 86.2 Å². The topological polar surface area (TPSA) is 86.1 Å². The smallest absolute Gasteiger partial charge is 0.211 e. The maximum atomic E-state index is 11.3. The maximum absolute atomic E-state index is 11.3. The molecule has 9 atom stereocenters. The fraction of sp³-hybridized carbons (Fsp3) is 0.633. The van der Waals surface area contributed by atoms with E-state index in [0.717, 1.165) is 49.3 Å². The highest BCUT2D eigenvalue weighted by Gasteiger charge is 2.76. The molecule has 3 unspecified atom stereocenters. The lowest BCUT2D eigenvalue weighted by Crippen LogP contribution is -2.72. The van der Waals surface area contributed by atoms with Crippen LogP contribution in [0.4, 0.5) is 0 Å². The van der Waals surface area contributed by atoms with E-state index in [4.69, 9.17) is 16.3 Å². The number of pyridine rings is 1. The zero-order valence-electron chi connectivity index (χ0n) is 21.8. The summed E-state index contributed by atoms with van der Waals surface area (Å²) in [7, 11) is 3.95. The molecule has 1 aromatic heterocycles. The molecule has 3 aliphatic carbocycles. The van der Waals surface area contributed by atoms with Crippen LogP contribution >= 0.6 is 11.6 Å². The number of halogens is 1. The van der Waals surface area contributed by atoms with Crippen molar-refractivity contribution in [3.8, 4) is 5.88 Å². The largest absolute Gasteiger partial charge is 0.493 e. The number of aromatic hydroxyl groups is 1. The summed E-state index contributed by atoms with van der Waals surface area (Å²) < 4.78 is 7.33. The first-order chi connectivity index (χ1) is 17.5. The molecule has 7 rings (SSSR count). The van der Waals surface area contributed by atoms with Gasteiger partial charge in [-0.15, -0.1) is 11.6 Å². The number of benzene rings is 1. The van der Waals surface area contributed by atoms with Crippen molar-refractivity contribution < 1.29 is 20.1 Å². The zero-order chi connectivity index (χ0) is 26.0. The molecule has 2 spiro atoms. The van der Waals surface area contributed by atoms with Crippen LogP contribution in [0.5, 0.6) is 5.88 Å². The van der Waals surface area contributed by atoms with Gasteiger partial charge in [-0.25, -0.2) is 4.98 Å². The Balaban J connectivity index is 1.27. The van der Waals surface area contributed by atoms with Crippen LogP contribution in [0, 0.1) is 17.3 Å². The van der Waals surface area contributed by atoms with Crippen molar-refractivity contribution in [1.82, 2.24) is 9.88 Å². The van der Waals surface area contributed by atoms with Gasteiger partial charge in [0.05, 0.1) is 28.3 Å². The maximum Gasteiger partial charge on any atom is 0.211 e. The summed E-state index contributed by atoms with van der Waals surface area (Å²) >= 11 is 7.62. The first-order valence-electron chi connectivity index (χ1n) is 13.7. The first-order valence-corrected chi connectivity index (χ1v) is 14.1. The van der Waals surface area contributed by atoms with Crippen molar-refractivity contribution in [2.24, 2.45) is 17.3 Å². The van der Waals surface area contributed by atoms with E-state index in [9.17, 15) is 15.3 Å². The molecule has 2 saturated carbocycles. The highest BCUT2D eigenvalue weighted by molar-refractivity contribution is 6.25. The molecule has 0 radical (unpaired) electrons. The lowest BCUT2D eigenvalue weighted by atomic mass is 9.52. The van der Waals surface area contributed by atoms with Crippen molar-refractivity contribution in [3.63, 3.8) is 0 Å². The summed E-state index contributed by atoms with van der Waals surface area (Å²) in [6.45, 7) is 2.39. The summed E-state index contributed by atoms with van der Waals surface area (Å²) in [4.78, 5) is 5.51. The van der Waals surface area contributed by atoms with Gasteiger partial charge in [-0.1, -0.05) is 25.1 Å². The van der Waals surface area contributed by atoms with E-state index in [1.54, 1.807) is 12.3 Å². The van der Waals surface area contributed by atoms with Gasteiger partial charge in [0.2, 0.25) is 5.88 Å². The lowest BCUT2D eigenvalue weighted by Gasteiger charge is -2.65. The summed E-state index contributed by atoms with van der Waals surface area (Å²) in [5.74, 6) is 0.145. The molecule has 4 fully saturated rings. The SMILES string of the molecule is CN(C)[C@H]1C[C@@]23CC[C@]4(O2)C2CC=C(c5ccc6cnc(O)cc6c5)[C@@]2(C)CCC4(Cl)CC3[C@@H](O)[C@@H]1O. The molecular formula is C30H37ClN2O4. The molecular weight excluding hydrogens is 488 g/mol. The highest BCUT2D eigenvalue weighted by Crippen LogP contribution is 2.73. The quantitative estimate of drug-likeness (QED) is 0.502. The number of aliphatic hydroxyl groups excluding tert-OH is 2. The third kappa shape index (κ3) is 3.05. The average molecular weight is 525 g/mol. The van der Waals surface area contributed by atoms with Gasteiger partial charge >= 0.3 is 0 Å². The predicted octanol–water partition coefficient (Wildman–Crippen LogP) is 4.49. The minimum atomic E-state index is -0.832. The summed E-state index contributed by atoms with van der Waals surface area (Å²) in [6, 6.07) is 8.02. The van der Waals surface area contributed by atoms with Crippen molar-refractivity contribution in [3.05, 3.63) is 42.1 Å². The van der Waals surface area contributed by atoms with E-state index in [1.165, 1.54) is 11.1 Å². The van der Waals surface area contributed by atoms with Gasteiger partial charge in [-0.3, -0.25) is 0 Å². The Morgan fingerprint density at radius 3 is 2.62 bits per heavy atom. The number of hydrogen-bond acceptors (Lipinski definition) is 6. The molecule has 2 aromatic rings. The van der Waals surface area contributed by atoms with Crippen LogP contribution in [-0.2, 0) is 4.74 Å². The monoisotopic (exact) mass is 524 g/mol. The lowest BCUT2D eigenvalue weighted by molar-refractivity contribution is -0.276. The molecule has 37 heavy (non-hydrogen) atoms. The van der Waals surface area contributed by atoms with Crippen LogP contribution in [-0.4, -0.2) is 73.6 Å². The van der Waals surface area contributed by atoms with Crippen LogP contribution in [0.25, 0.3) is 16.3 Å². The number of ether oxygens (including phenoxy) is 1. The Morgan fingerprint density at radius 1 is 1.03 bits per heavy atom. The standard InChI is InChI=1S/C30H37ClN2O4/c1-27-8-10-29(31)14-21-25(35)26(36)22(33(2)3)15-28(21)9-11-30(29,37-28)23(27)7-6-20(27)17-4-5-18-16-32-24(34)13-19(18)12-17/h4-6,12-13,16,21-23,25-26,35-36H,7-11,14-15H2,1-3H3,(H,32,34)/t21?,22-,23?,25+,26+,27+,28+,29?,30-/m0/s1. The number of likely N-dealkylation sites (N-methyl/N-ethyl adjacent to an activating group) is 1. The van der Waals surface area contributed by atoms with Crippen molar-refractivity contribution in [1.29, 1.82) is 0 Å². The summed E-state index contributed by atoms with van der Waals surface area (Å²) in [6.07, 6.45) is 8.38. The molecule has 3 N–H and O–H groups in total. The van der Waals surface area contributed by atoms with Gasteiger partial charge in [0.25, 0.3) is 0 Å². The third-order valence-electron chi connectivity index (χ3n) is 11.2. The van der Waals surface area contributed by atoms with Crippen LogP contribution in [0.2, 0.25) is 0 Å². The number of fused-ring (bicyclic) bond motifs is 2. The van der Waals surface area contributed by atoms with Gasteiger partial charge < -0.3 is 25.0 Å². The minimum absolute atomic E-state index is 0.0369. The second-order valence-electron chi connectivity index (χ2n) is 13.0. The fourth-order valence-electron chi connectivity index (χ4n) is 9.31. The van der Waals surface area contributed by atoms with Crippen molar-refractivity contribution >= 4 is 27.9 Å². The van der Waals surface area contributed by atoms with E-state index in [2.05, 4.69) is 36.2 Å². The van der Waals surface area contributed by atoms with Crippen LogP contribution < -0.4 is 0 Å². The molecule has 5 aliphatic rings. The molecule has 3 heterocycles. The molecule has 2 bridgehead atoms. The second-order valence-corrected chi connectivity index (χ2v) is 13.7. The average Bonchev–Trinajstić information content (AvgIpc) is 3.39. The Labute approximate surface area is 223 Å². The van der Waals surface area contributed by atoms with Crippen LogP contribution in [0.3, 0.4) is 0 Å². The highest BCUT2D eigenvalue weighted by atomic mass is 35.5. The van der Waals surface area contributed by atoms with Gasteiger partial charge in [0.1, 0.15) is 0 Å². The number of nitrogens with zero attached hydrogens (tertiary/aromatic N) is 2. The van der Waals surface area contributed by atoms with E-state index in [-0.39, 0.29) is 29.2 Å². The van der Waals surface area contributed by atoms with Gasteiger partial charge in [0.15, 0.2) is 0 Å². The normalized spacial score (nSPS) is 46.5. The number of aliphatic hydroxyl groups is 2. The van der Waals surface area contributed by atoms with E-state index < -0.39 is 28.3 Å². The second kappa shape index (κ2) is 7.70. The molecule has 2 saturated heterocycles.